The molecule has 1 aromatic carbocycles. The third-order valence-electron chi connectivity index (χ3n) is 2.91. The van der Waals surface area contributed by atoms with Gasteiger partial charge >= 0.3 is 5.97 Å². The molecule has 1 heterocycles. The summed E-state index contributed by atoms with van der Waals surface area (Å²) in [6.07, 6.45) is -1.54. The lowest BCUT2D eigenvalue weighted by Gasteiger charge is -2.18. The number of aliphatic hydroxyl groups excluding tert-OH is 1. The van der Waals surface area contributed by atoms with Crippen molar-refractivity contribution in [1.29, 1.82) is 0 Å². The minimum atomic E-state index is -1.63. The van der Waals surface area contributed by atoms with Crippen LogP contribution in [-0.4, -0.2) is 25.0 Å². The third kappa shape index (κ3) is 2.49. The molecule has 1 unspecified atom stereocenters. The molecule has 2 rings (SSSR count). The molecular weight excluding hydrogens is 255 g/mol. The molecule has 1 aromatic rings. The Balaban J connectivity index is 2.53. The first-order valence-electron chi connectivity index (χ1n) is 5.73. The quantitative estimate of drug-likeness (QED) is 0.849. The van der Waals surface area contributed by atoms with E-state index in [0.717, 1.165) is 7.11 Å². The summed E-state index contributed by atoms with van der Waals surface area (Å²) in [7, 11) is 1.16. The molecule has 6 heteroatoms. The van der Waals surface area contributed by atoms with E-state index in [2.05, 4.69) is 4.74 Å². The van der Waals surface area contributed by atoms with Gasteiger partial charge in [0.25, 0.3) is 0 Å². The molecular formula is C13H15FO5. The first-order chi connectivity index (χ1) is 8.84. The summed E-state index contributed by atoms with van der Waals surface area (Å²) in [5, 5.41) is 9.91. The standard InChI is InChI=1S/C13H15FO5/c1-13(2,14)7-4-8(10(15)12(16)17-3)11-9(5-7)18-6-19-11/h4-5,10,15H,6H2,1-3H3. The normalized spacial score (nSPS) is 15.2. The van der Waals surface area contributed by atoms with E-state index in [1.807, 2.05) is 0 Å². The molecule has 19 heavy (non-hydrogen) atoms. The Labute approximate surface area is 109 Å². The number of aliphatic hydroxyl groups is 1. The number of hydrogen-bond acceptors (Lipinski definition) is 5. The van der Waals surface area contributed by atoms with Gasteiger partial charge in [-0.05, 0) is 31.5 Å². The summed E-state index contributed by atoms with van der Waals surface area (Å²) in [4.78, 5) is 11.4. The van der Waals surface area contributed by atoms with Crippen LogP contribution in [0.2, 0.25) is 0 Å². The molecule has 5 nitrogen and oxygen atoms in total. The molecule has 1 aliphatic heterocycles. The Morgan fingerprint density at radius 2 is 2.16 bits per heavy atom. The van der Waals surface area contributed by atoms with Crippen LogP contribution >= 0.6 is 0 Å². The van der Waals surface area contributed by atoms with Gasteiger partial charge in [0.1, 0.15) is 5.67 Å². The number of esters is 1. The lowest BCUT2D eigenvalue weighted by Crippen LogP contribution is -2.16. The maximum atomic E-state index is 14.0. The number of methoxy groups -OCH3 is 1. The van der Waals surface area contributed by atoms with Crippen molar-refractivity contribution >= 4 is 5.97 Å². The van der Waals surface area contributed by atoms with Crippen molar-refractivity contribution < 1.29 is 28.5 Å². The van der Waals surface area contributed by atoms with Crippen molar-refractivity contribution in [3.63, 3.8) is 0 Å². The Hall–Kier alpha value is -1.82. The second-order valence-corrected chi connectivity index (χ2v) is 4.70. The Morgan fingerprint density at radius 3 is 2.74 bits per heavy atom. The van der Waals surface area contributed by atoms with Crippen LogP contribution in [0.3, 0.4) is 0 Å². The highest BCUT2D eigenvalue weighted by Gasteiger charge is 2.31. The van der Waals surface area contributed by atoms with Gasteiger partial charge in [0.15, 0.2) is 17.6 Å². The molecule has 0 spiro atoms. The van der Waals surface area contributed by atoms with Gasteiger partial charge in [-0.2, -0.15) is 0 Å². The summed E-state index contributed by atoms with van der Waals surface area (Å²) >= 11 is 0. The van der Waals surface area contributed by atoms with E-state index in [-0.39, 0.29) is 23.7 Å². The molecule has 0 aromatic heterocycles. The van der Waals surface area contributed by atoms with Gasteiger partial charge in [-0.3, -0.25) is 0 Å². The first kappa shape index (κ1) is 13.6. The smallest absolute Gasteiger partial charge is 0.339 e. The average molecular weight is 270 g/mol. The van der Waals surface area contributed by atoms with Crippen molar-refractivity contribution in [2.45, 2.75) is 25.6 Å². The minimum Gasteiger partial charge on any atom is -0.467 e. The lowest BCUT2D eigenvalue weighted by atomic mass is 9.95. The molecule has 0 bridgehead atoms. The van der Waals surface area contributed by atoms with Crippen LogP contribution in [0.25, 0.3) is 0 Å². The zero-order valence-corrected chi connectivity index (χ0v) is 10.9. The molecule has 1 aliphatic rings. The predicted molar refractivity (Wildman–Crippen MR) is 63.7 cm³/mol. The number of fused-ring (bicyclic) bond motifs is 1. The van der Waals surface area contributed by atoms with E-state index in [4.69, 9.17) is 9.47 Å². The largest absolute Gasteiger partial charge is 0.467 e. The average Bonchev–Trinajstić information content (AvgIpc) is 2.82. The van der Waals surface area contributed by atoms with Gasteiger partial charge in [0.05, 0.1) is 7.11 Å². The molecule has 0 saturated heterocycles. The topological polar surface area (TPSA) is 65.0 Å². The highest BCUT2D eigenvalue weighted by molar-refractivity contribution is 5.78. The molecule has 104 valence electrons. The fourth-order valence-electron chi connectivity index (χ4n) is 1.82. The second-order valence-electron chi connectivity index (χ2n) is 4.70. The van der Waals surface area contributed by atoms with E-state index in [0.29, 0.717) is 5.75 Å². The highest BCUT2D eigenvalue weighted by atomic mass is 19.1. The van der Waals surface area contributed by atoms with Gasteiger partial charge in [0.2, 0.25) is 6.79 Å². The molecule has 0 fully saturated rings. The van der Waals surface area contributed by atoms with E-state index in [1.54, 1.807) is 0 Å². The van der Waals surface area contributed by atoms with Crippen molar-refractivity contribution in [2.75, 3.05) is 13.9 Å². The zero-order chi connectivity index (χ0) is 14.2. The van der Waals surface area contributed by atoms with Crippen LogP contribution in [0, 0.1) is 0 Å². The predicted octanol–water partition coefficient (Wildman–Crippen LogP) is 1.83. The Morgan fingerprint density at radius 1 is 1.47 bits per heavy atom. The number of carbonyl (C=O) groups excluding carboxylic acids is 1. The Kier molecular flexibility index (Phi) is 3.36. The SMILES string of the molecule is COC(=O)C(O)c1cc(C(C)(C)F)cc2c1OCO2. The van der Waals surface area contributed by atoms with E-state index in [1.165, 1.54) is 26.0 Å². The van der Waals surface area contributed by atoms with E-state index >= 15 is 0 Å². The molecule has 0 radical (unpaired) electrons. The van der Waals surface area contributed by atoms with Crippen LogP contribution in [-0.2, 0) is 15.2 Å². The van der Waals surface area contributed by atoms with Crippen LogP contribution in [0.1, 0.15) is 31.1 Å². The highest BCUT2D eigenvalue weighted by Crippen LogP contribution is 2.42. The van der Waals surface area contributed by atoms with Gasteiger partial charge < -0.3 is 19.3 Å². The fraction of sp³-hybridized carbons (Fsp3) is 0.462. The van der Waals surface area contributed by atoms with Gasteiger partial charge in [0, 0.05) is 5.56 Å². The first-order valence-corrected chi connectivity index (χ1v) is 5.73. The van der Waals surface area contributed by atoms with Crippen molar-refractivity contribution in [2.24, 2.45) is 0 Å². The molecule has 0 saturated carbocycles. The van der Waals surface area contributed by atoms with Crippen molar-refractivity contribution in [3.05, 3.63) is 23.3 Å². The molecule has 1 N–H and O–H groups in total. The lowest BCUT2D eigenvalue weighted by molar-refractivity contribution is -0.150. The van der Waals surface area contributed by atoms with Gasteiger partial charge in [-0.1, -0.05) is 0 Å². The maximum Gasteiger partial charge on any atom is 0.339 e. The maximum absolute atomic E-state index is 14.0. The molecule has 0 aliphatic carbocycles. The fourth-order valence-corrected chi connectivity index (χ4v) is 1.82. The summed E-state index contributed by atoms with van der Waals surface area (Å²) in [5.74, 6) is -0.293. The van der Waals surface area contributed by atoms with Crippen molar-refractivity contribution in [3.8, 4) is 11.5 Å². The number of halogens is 1. The number of ether oxygens (including phenoxy) is 3. The number of hydrogen-bond donors (Lipinski definition) is 1. The summed E-state index contributed by atoms with van der Waals surface area (Å²) in [6.45, 7) is 2.71. The van der Waals surface area contributed by atoms with Crippen LogP contribution < -0.4 is 9.47 Å². The van der Waals surface area contributed by atoms with E-state index in [9.17, 15) is 14.3 Å². The molecule has 0 amide bonds. The van der Waals surface area contributed by atoms with Crippen LogP contribution in [0.15, 0.2) is 12.1 Å². The Bertz CT molecular complexity index is 506. The molecule has 1 atom stereocenters. The number of alkyl halides is 1. The summed E-state index contributed by atoms with van der Waals surface area (Å²) < 4.78 is 28.9. The summed E-state index contributed by atoms with van der Waals surface area (Å²) in [5.41, 5.74) is -1.21. The number of benzene rings is 1. The van der Waals surface area contributed by atoms with Crippen LogP contribution in [0.4, 0.5) is 4.39 Å². The van der Waals surface area contributed by atoms with Gasteiger partial charge in [-0.25, -0.2) is 9.18 Å². The third-order valence-corrected chi connectivity index (χ3v) is 2.91. The monoisotopic (exact) mass is 270 g/mol. The van der Waals surface area contributed by atoms with Gasteiger partial charge in [-0.15, -0.1) is 0 Å². The van der Waals surface area contributed by atoms with Crippen molar-refractivity contribution in [1.82, 2.24) is 0 Å². The summed E-state index contributed by atoms with van der Waals surface area (Å²) in [6, 6.07) is 2.88. The number of rotatable bonds is 3. The zero-order valence-electron chi connectivity index (χ0n) is 10.9. The second kappa shape index (κ2) is 4.70. The minimum absolute atomic E-state index is 0.0353. The number of carbonyl (C=O) groups is 1. The van der Waals surface area contributed by atoms with Crippen LogP contribution in [0.5, 0.6) is 11.5 Å². The van der Waals surface area contributed by atoms with E-state index < -0.39 is 17.7 Å².